The summed E-state index contributed by atoms with van der Waals surface area (Å²) in [6, 6.07) is 21.2. The number of quaternary nitrogens is 1. The van der Waals surface area contributed by atoms with E-state index in [1.54, 1.807) is 31.3 Å². The van der Waals surface area contributed by atoms with E-state index in [2.05, 4.69) is 10.6 Å². The third kappa shape index (κ3) is 10.4. The van der Waals surface area contributed by atoms with E-state index in [4.69, 9.17) is 5.73 Å². The van der Waals surface area contributed by atoms with E-state index >= 15 is 0 Å². The molecule has 0 saturated carbocycles. The first-order valence-corrected chi connectivity index (χ1v) is 21.9. The molecule has 0 aromatic heterocycles. The molecule has 4 N–H and O–H groups in total. The van der Waals surface area contributed by atoms with Gasteiger partial charge in [-0.25, -0.2) is 9.59 Å². The van der Waals surface area contributed by atoms with Gasteiger partial charge in [0.1, 0.15) is 0 Å². The van der Waals surface area contributed by atoms with Crippen molar-refractivity contribution in [1.82, 2.24) is 20.4 Å². The number of halogens is 7. The van der Waals surface area contributed by atoms with Crippen LogP contribution in [-0.4, -0.2) is 96.9 Å². The molecular weight excluding hydrogens is 1000 g/mol. The highest BCUT2D eigenvalue weighted by atomic mass is 79.9. The number of nitrogens with one attached hydrogen (secondary N) is 2. The Balaban J connectivity index is 0.00000741. The first kappa shape index (κ1) is 51.2. The van der Waals surface area contributed by atoms with Gasteiger partial charge in [-0.05, 0) is 71.8 Å². The summed E-state index contributed by atoms with van der Waals surface area (Å²) in [6.45, 7) is 0.304. The fourth-order valence-corrected chi connectivity index (χ4v) is 9.47. The van der Waals surface area contributed by atoms with Crippen LogP contribution in [0.2, 0.25) is 0 Å². The Labute approximate surface area is 413 Å². The lowest BCUT2D eigenvalue weighted by atomic mass is 9.94. The number of nitrogens with zero attached hydrogens (tertiary/aromatic N) is 7. The molecule has 0 spiro atoms. The van der Waals surface area contributed by atoms with E-state index in [0.29, 0.717) is 22.3 Å². The van der Waals surface area contributed by atoms with Crippen LogP contribution in [0.1, 0.15) is 58.3 Å². The number of urea groups is 2. The maximum atomic E-state index is 14.3. The Bertz CT molecular complexity index is 2760. The summed E-state index contributed by atoms with van der Waals surface area (Å²) in [6.07, 6.45) is -8.87. The number of carbonyl (C=O) groups excluding carboxylic acids is 5. The van der Waals surface area contributed by atoms with Crippen molar-refractivity contribution in [2.45, 2.75) is 37.3 Å². The largest absolute Gasteiger partial charge is 1.00 e. The first-order chi connectivity index (χ1) is 33.2. The van der Waals surface area contributed by atoms with Gasteiger partial charge in [0.2, 0.25) is 0 Å². The number of nitrogens with two attached hydrogens (primary N) is 1. The monoisotopic (exact) mass is 1040 g/mol. The molecule has 8 rings (SSSR count). The third-order valence-electron chi connectivity index (χ3n) is 12.8. The number of rotatable bonds is 14. The highest BCUT2D eigenvalue weighted by Gasteiger charge is 2.47. The summed E-state index contributed by atoms with van der Waals surface area (Å²) < 4.78 is 83.0. The van der Waals surface area contributed by atoms with Gasteiger partial charge in [0.15, 0.2) is 6.54 Å². The van der Waals surface area contributed by atoms with Gasteiger partial charge in [-0.3, -0.25) is 24.2 Å². The Morgan fingerprint density at radius 2 is 1.04 bits per heavy atom. The van der Waals surface area contributed by atoms with Crippen LogP contribution >= 0.6 is 0 Å². The van der Waals surface area contributed by atoms with Crippen molar-refractivity contribution >= 4 is 41.2 Å². The minimum absolute atomic E-state index is 0. The van der Waals surface area contributed by atoms with Gasteiger partial charge in [0.05, 0.1) is 114 Å². The highest BCUT2D eigenvalue weighted by molar-refractivity contribution is 6.08. The van der Waals surface area contributed by atoms with E-state index in [1.165, 1.54) is 46.2 Å². The fourth-order valence-electron chi connectivity index (χ4n) is 9.47. The minimum atomic E-state index is -4.72. The molecule has 0 bridgehead atoms. The summed E-state index contributed by atoms with van der Waals surface area (Å²) in [5, 5.41) is 24.2. The first-order valence-electron chi connectivity index (χ1n) is 21.9. The lowest BCUT2D eigenvalue weighted by molar-refractivity contribution is -0.902. The molecule has 0 unspecified atom stereocenters. The number of carbonyl (C=O) groups is 5. The summed E-state index contributed by atoms with van der Waals surface area (Å²) in [4.78, 5) is 73.7. The number of alkyl halides is 6. The van der Waals surface area contributed by atoms with Crippen molar-refractivity contribution in [1.29, 1.82) is 10.5 Å². The van der Waals surface area contributed by atoms with Crippen LogP contribution in [0.5, 0.6) is 0 Å². The van der Waals surface area contributed by atoms with E-state index in [0.717, 1.165) is 46.2 Å². The number of primary amides is 1. The van der Waals surface area contributed by atoms with Crippen molar-refractivity contribution in [3.63, 3.8) is 0 Å². The van der Waals surface area contributed by atoms with Crippen molar-refractivity contribution in [3.05, 3.63) is 153 Å². The second kappa shape index (κ2) is 20.0. The van der Waals surface area contributed by atoms with Gasteiger partial charge in [0.25, 0.3) is 17.7 Å². The molecule has 4 aliphatic heterocycles. The molecule has 0 aliphatic carbocycles. The maximum Gasteiger partial charge on any atom is 0.416 e. The van der Waals surface area contributed by atoms with E-state index in [-0.39, 0.29) is 114 Å². The SMILES string of the molecule is C[N+](CCCN1CC2=C(C1=O)[C@@H](c1ccc(C#N)cc1)NC(=O)N2c1cccc(C(F)(F)F)c1)(CCCN1CC2=C(C1=O)[C@@H](c1ccc(C#N)cc1)NC(=O)N2c1cccc(C(F)(F)F)c1)CC(N)=O.[Br-]. The van der Waals surface area contributed by atoms with Crippen molar-refractivity contribution in [3.8, 4) is 12.1 Å². The maximum absolute atomic E-state index is 14.3. The predicted molar refractivity (Wildman–Crippen MR) is 239 cm³/mol. The van der Waals surface area contributed by atoms with Gasteiger partial charge < -0.3 is 47.6 Å². The lowest BCUT2D eigenvalue weighted by Gasteiger charge is -2.34. The molecule has 368 valence electrons. The van der Waals surface area contributed by atoms with E-state index < -0.39 is 65.3 Å². The highest BCUT2D eigenvalue weighted by Crippen LogP contribution is 2.42. The molecule has 4 heterocycles. The molecule has 71 heavy (non-hydrogen) atoms. The van der Waals surface area contributed by atoms with Crippen LogP contribution in [0.4, 0.5) is 47.3 Å². The average molecular weight is 1050 g/mol. The van der Waals surface area contributed by atoms with Gasteiger partial charge in [-0.1, -0.05) is 36.4 Å². The summed E-state index contributed by atoms with van der Waals surface area (Å²) in [7, 11) is 1.77. The lowest BCUT2D eigenvalue weighted by Crippen LogP contribution is -3.00. The van der Waals surface area contributed by atoms with Crippen LogP contribution in [0.25, 0.3) is 0 Å². The zero-order chi connectivity index (χ0) is 50.3. The Morgan fingerprint density at radius 3 is 1.38 bits per heavy atom. The average Bonchev–Trinajstić information content (AvgIpc) is 3.82. The molecule has 7 amide bonds. The molecule has 15 nitrogen and oxygen atoms in total. The zero-order valence-electron chi connectivity index (χ0n) is 37.7. The van der Waals surface area contributed by atoms with Gasteiger partial charge in [-0.15, -0.1) is 0 Å². The third-order valence-corrected chi connectivity index (χ3v) is 12.8. The molecular formula is C49H43BrF6N10O5. The molecule has 0 fully saturated rings. The van der Waals surface area contributed by atoms with Crippen LogP contribution in [0, 0.1) is 22.7 Å². The van der Waals surface area contributed by atoms with Crippen LogP contribution in [0.15, 0.2) is 120 Å². The Kier molecular flexibility index (Phi) is 14.4. The molecule has 2 atom stereocenters. The molecule has 4 aromatic rings. The summed E-state index contributed by atoms with van der Waals surface area (Å²) >= 11 is 0. The topological polar surface area (TPSA) is 196 Å². The second-order valence-corrected chi connectivity index (χ2v) is 17.6. The van der Waals surface area contributed by atoms with Gasteiger partial charge in [0, 0.05) is 25.9 Å². The normalized spacial score (nSPS) is 18.2. The minimum Gasteiger partial charge on any atom is -1.00 e. The summed E-state index contributed by atoms with van der Waals surface area (Å²) in [5.41, 5.74) is 5.71. The number of likely N-dealkylation sites (N-methyl/N-ethyl adjacent to an activating group) is 1. The fraction of sp³-hybridized carbons (Fsp3) is 0.286. The van der Waals surface area contributed by atoms with Crippen molar-refractivity contribution < 1.29 is 71.8 Å². The molecule has 22 heteroatoms. The van der Waals surface area contributed by atoms with Crippen molar-refractivity contribution in [2.24, 2.45) is 5.73 Å². The Morgan fingerprint density at radius 1 is 0.662 bits per heavy atom. The van der Waals surface area contributed by atoms with Gasteiger partial charge >= 0.3 is 24.4 Å². The molecule has 4 aromatic carbocycles. The number of nitriles is 2. The smallest absolute Gasteiger partial charge is 0.416 e. The summed E-state index contributed by atoms with van der Waals surface area (Å²) in [5.74, 6) is -1.61. The van der Waals surface area contributed by atoms with E-state index in [9.17, 15) is 60.8 Å². The van der Waals surface area contributed by atoms with E-state index in [1.807, 2.05) is 12.1 Å². The zero-order valence-corrected chi connectivity index (χ0v) is 39.2. The molecule has 4 aliphatic rings. The van der Waals surface area contributed by atoms with Crippen LogP contribution in [0.3, 0.4) is 0 Å². The van der Waals surface area contributed by atoms with Gasteiger partial charge in [-0.2, -0.15) is 36.9 Å². The second-order valence-electron chi connectivity index (χ2n) is 17.6. The number of hydrogen-bond donors (Lipinski definition) is 3. The predicted octanol–water partition coefficient (Wildman–Crippen LogP) is 3.62. The van der Waals surface area contributed by atoms with Crippen LogP contribution < -0.4 is 43.1 Å². The number of benzene rings is 4. The molecule has 0 saturated heterocycles. The standard InChI is InChI=1S/C49H42F6N10O5.BrH/c1-65(28-39(58)66,20-4-18-61-26-37-40(44(61)67)42(31-14-10-29(24-56)11-15-31)59-46(69)63(37)35-8-2-6-33(22-35)48(50,51)52)21-5-19-62-27-38-41(45(62)68)43(32-16-12-30(25-57)13-17-32)60-47(70)64(38)36-9-3-7-34(23-36)49(53,54)55;/h2-3,6-17,22-23,42-43H,4-5,18-21,26-28H2,1H3,(H3-,58,59,60,66,69,70);1H/t42-,43-;/m1./s1. The van der Waals surface area contributed by atoms with Crippen LogP contribution in [-0.2, 0) is 26.7 Å². The van der Waals surface area contributed by atoms with Crippen molar-refractivity contribution in [2.75, 3.05) is 62.7 Å². The number of anilines is 2. The molecule has 0 radical (unpaired) electrons. The number of hydrogen-bond acceptors (Lipinski definition) is 7. The Hall–Kier alpha value is -7.69. The quantitative estimate of drug-likeness (QED) is 0.127. The number of amides is 7.